The Labute approximate surface area is 120 Å². The van der Waals surface area contributed by atoms with Gasteiger partial charge in [-0.3, -0.25) is 10.2 Å². The summed E-state index contributed by atoms with van der Waals surface area (Å²) < 4.78 is 5.58. The molecule has 1 aliphatic carbocycles. The lowest BCUT2D eigenvalue weighted by atomic mass is 9.93. The number of ether oxygens (including phenoxy) is 1. The van der Waals surface area contributed by atoms with Crippen molar-refractivity contribution in [2.75, 3.05) is 20.2 Å². The summed E-state index contributed by atoms with van der Waals surface area (Å²) in [6, 6.07) is 0. The van der Waals surface area contributed by atoms with Crippen LogP contribution in [-0.2, 0) is 9.53 Å². The van der Waals surface area contributed by atoms with E-state index in [4.69, 9.17) is 4.74 Å². The van der Waals surface area contributed by atoms with Gasteiger partial charge in [0.2, 0.25) is 0 Å². The second-order valence-corrected chi connectivity index (χ2v) is 6.20. The van der Waals surface area contributed by atoms with Crippen LogP contribution >= 0.6 is 0 Å². The van der Waals surface area contributed by atoms with E-state index in [0.717, 1.165) is 37.3 Å². The van der Waals surface area contributed by atoms with E-state index in [0.29, 0.717) is 5.92 Å². The molecular formula is C15H23N3O2. The number of nitrogens with zero attached hydrogens (tertiary/aromatic N) is 1. The van der Waals surface area contributed by atoms with Crippen molar-refractivity contribution in [2.24, 2.45) is 5.92 Å². The van der Waals surface area contributed by atoms with Gasteiger partial charge in [-0.25, -0.2) is 0 Å². The van der Waals surface area contributed by atoms with Gasteiger partial charge in [-0.15, -0.1) is 0 Å². The molecule has 110 valence electrons. The van der Waals surface area contributed by atoms with Crippen molar-refractivity contribution in [1.82, 2.24) is 15.8 Å². The molecule has 2 aliphatic heterocycles. The summed E-state index contributed by atoms with van der Waals surface area (Å²) >= 11 is 0. The Kier molecular flexibility index (Phi) is 3.46. The Bertz CT molecular complexity index is 458. The highest BCUT2D eigenvalue weighted by Gasteiger charge is 2.32. The Balaban J connectivity index is 1.74. The predicted molar refractivity (Wildman–Crippen MR) is 76.4 cm³/mol. The van der Waals surface area contributed by atoms with Gasteiger partial charge < -0.3 is 15.1 Å². The zero-order chi connectivity index (χ0) is 14.2. The molecule has 2 heterocycles. The molecule has 5 heteroatoms. The van der Waals surface area contributed by atoms with E-state index in [9.17, 15) is 4.79 Å². The van der Waals surface area contributed by atoms with Crippen molar-refractivity contribution in [1.29, 1.82) is 0 Å². The van der Waals surface area contributed by atoms with Crippen LogP contribution in [0, 0.1) is 5.92 Å². The molecule has 0 aromatic rings. The maximum atomic E-state index is 11.8. The highest BCUT2D eigenvalue weighted by molar-refractivity contribution is 5.88. The van der Waals surface area contributed by atoms with Crippen LogP contribution in [0.5, 0.6) is 0 Å². The van der Waals surface area contributed by atoms with Crippen molar-refractivity contribution < 1.29 is 9.53 Å². The van der Waals surface area contributed by atoms with Crippen LogP contribution in [0.15, 0.2) is 23.5 Å². The molecule has 3 aliphatic rings. The second kappa shape index (κ2) is 5.13. The number of hydrogen-bond donors (Lipinski definition) is 2. The topological polar surface area (TPSA) is 53.6 Å². The summed E-state index contributed by atoms with van der Waals surface area (Å²) in [7, 11) is 1.78. The summed E-state index contributed by atoms with van der Waals surface area (Å²) in [4.78, 5) is 14.1. The highest BCUT2D eigenvalue weighted by atomic mass is 16.5. The van der Waals surface area contributed by atoms with Crippen molar-refractivity contribution in [3.63, 3.8) is 0 Å². The first kappa shape index (κ1) is 13.5. The number of amides is 1. The van der Waals surface area contributed by atoms with Crippen molar-refractivity contribution in [2.45, 2.75) is 38.2 Å². The van der Waals surface area contributed by atoms with Gasteiger partial charge in [-0.2, -0.15) is 0 Å². The summed E-state index contributed by atoms with van der Waals surface area (Å²) in [5.74, 6) is 0.512. The molecule has 0 aromatic heterocycles. The molecule has 3 rings (SSSR count). The van der Waals surface area contributed by atoms with Gasteiger partial charge >= 0.3 is 0 Å². The van der Waals surface area contributed by atoms with Gasteiger partial charge in [-0.05, 0) is 38.7 Å². The smallest absolute Gasteiger partial charge is 0.264 e. The standard InChI is InChI=1S/C15H23N3O2/c1-15(20-2)5-7-18(8-6-15)12-9-13(11-3-4-11)16-17-14(19)10-12/h9-11,16H,3-8H2,1-2H3,(H,17,19). The first-order chi connectivity index (χ1) is 9.59. The number of hydrazine groups is 1. The molecule has 5 nitrogen and oxygen atoms in total. The van der Waals surface area contributed by atoms with Crippen LogP contribution in [0.3, 0.4) is 0 Å². The summed E-state index contributed by atoms with van der Waals surface area (Å²) in [5, 5.41) is 0. The van der Waals surface area contributed by atoms with Crippen LogP contribution in [0.2, 0.25) is 0 Å². The SMILES string of the molecule is COC1(C)CCN(C2=CC(=O)NNC(C3CC3)=C2)CC1. The normalized spacial score (nSPS) is 26.1. The molecule has 0 radical (unpaired) electrons. The second-order valence-electron chi connectivity index (χ2n) is 6.20. The molecule has 1 amide bonds. The third-order valence-corrected chi connectivity index (χ3v) is 4.61. The number of rotatable bonds is 3. The van der Waals surface area contributed by atoms with Gasteiger partial charge in [0.15, 0.2) is 0 Å². The van der Waals surface area contributed by atoms with E-state index in [2.05, 4.69) is 28.8 Å². The number of piperidine rings is 1. The first-order valence-electron chi connectivity index (χ1n) is 7.39. The van der Waals surface area contributed by atoms with Crippen molar-refractivity contribution >= 4 is 5.91 Å². The van der Waals surface area contributed by atoms with E-state index in [1.165, 1.54) is 12.8 Å². The monoisotopic (exact) mass is 277 g/mol. The first-order valence-corrected chi connectivity index (χ1v) is 7.39. The molecule has 0 bridgehead atoms. The quantitative estimate of drug-likeness (QED) is 0.816. The van der Waals surface area contributed by atoms with Crippen LogP contribution in [0.4, 0.5) is 0 Å². The molecular weight excluding hydrogens is 254 g/mol. The Hall–Kier alpha value is -1.49. The van der Waals surface area contributed by atoms with Crippen molar-refractivity contribution in [3.8, 4) is 0 Å². The molecule has 20 heavy (non-hydrogen) atoms. The fraction of sp³-hybridized carbons (Fsp3) is 0.667. The Morgan fingerprint density at radius 2 is 1.95 bits per heavy atom. The van der Waals surface area contributed by atoms with E-state index < -0.39 is 0 Å². The number of nitrogens with one attached hydrogen (secondary N) is 2. The maximum Gasteiger partial charge on any atom is 0.264 e. The lowest BCUT2D eigenvalue weighted by Crippen LogP contribution is -2.43. The van der Waals surface area contributed by atoms with Gasteiger partial charge in [0.1, 0.15) is 0 Å². The van der Waals surface area contributed by atoms with Crippen molar-refractivity contribution in [3.05, 3.63) is 23.5 Å². The average molecular weight is 277 g/mol. The number of carbonyl (C=O) groups excluding carboxylic acids is 1. The van der Waals surface area contributed by atoms with Crippen LogP contribution in [-0.4, -0.2) is 36.6 Å². The van der Waals surface area contributed by atoms with Gasteiger partial charge in [0.05, 0.1) is 5.60 Å². The van der Waals surface area contributed by atoms with Gasteiger partial charge in [0, 0.05) is 43.6 Å². The summed E-state index contributed by atoms with van der Waals surface area (Å²) in [5.41, 5.74) is 7.91. The molecule has 2 N–H and O–H groups in total. The van der Waals surface area contributed by atoms with E-state index in [1.807, 2.05) is 0 Å². The molecule has 0 atom stereocenters. The largest absolute Gasteiger partial charge is 0.378 e. The van der Waals surface area contributed by atoms with Crippen LogP contribution in [0.25, 0.3) is 0 Å². The summed E-state index contributed by atoms with van der Waals surface area (Å²) in [6.45, 7) is 4.02. The molecule has 1 saturated carbocycles. The molecule has 0 spiro atoms. The van der Waals surface area contributed by atoms with E-state index in [1.54, 1.807) is 13.2 Å². The zero-order valence-electron chi connectivity index (χ0n) is 12.2. The average Bonchev–Trinajstić information content (AvgIpc) is 3.27. The van der Waals surface area contributed by atoms with E-state index >= 15 is 0 Å². The molecule has 0 aromatic carbocycles. The number of hydrogen-bond acceptors (Lipinski definition) is 4. The molecule has 1 saturated heterocycles. The van der Waals surface area contributed by atoms with Crippen LogP contribution in [0.1, 0.15) is 32.6 Å². The number of methoxy groups -OCH3 is 1. The number of likely N-dealkylation sites (tertiary alicyclic amines) is 1. The number of allylic oxidation sites excluding steroid dienone is 2. The summed E-state index contributed by atoms with van der Waals surface area (Å²) in [6.07, 6.45) is 8.22. The van der Waals surface area contributed by atoms with E-state index in [-0.39, 0.29) is 11.5 Å². The van der Waals surface area contributed by atoms with Gasteiger partial charge in [-0.1, -0.05) is 0 Å². The minimum absolute atomic E-state index is 0.0225. The van der Waals surface area contributed by atoms with Crippen LogP contribution < -0.4 is 10.9 Å². The predicted octanol–water partition coefficient (Wildman–Crippen LogP) is 1.30. The third-order valence-electron chi connectivity index (χ3n) is 4.61. The number of carbonyl (C=O) groups is 1. The third kappa shape index (κ3) is 2.82. The minimum atomic E-state index is -0.0769. The zero-order valence-corrected chi connectivity index (χ0v) is 12.2. The minimum Gasteiger partial charge on any atom is -0.378 e. The fourth-order valence-corrected chi connectivity index (χ4v) is 2.78. The highest BCUT2D eigenvalue weighted by Crippen LogP contribution is 2.36. The Morgan fingerprint density at radius 3 is 2.55 bits per heavy atom. The van der Waals surface area contributed by atoms with Gasteiger partial charge in [0.25, 0.3) is 5.91 Å². The molecule has 0 unspecified atom stereocenters. The maximum absolute atomic E-state index is 11.8. The lowest BCUT2D eigenvalue weighted by molar-refractivity contribution is -0.117. The Morgan fingerprint density at radius 1 is 1.25 bits per heavy atom. The lowest BCUT2D eigenvalue weighted by Gasteiger charge is -2.39. The molecule has 2 fully saturated rings. The fourth-order valence-electron chi connectivity index (χ4n) is 2.78.